The van der Waals surface area contributed by atoms with Crippen molar-refractivity contribution in [2.75, 3.05) is 0 Å². The first kappa shape index (κ1) is 14.9. The van der Waals surface area contributed by atoms with E-state index in [1.165, 1.54) is 13.0 Å². The quantitative estimate of drug-likeness (QED) is 0.481. The molecule has 0 radical (unpaired) electrons. The molecule has 0 heterocycles. The molecule has 0 bridgehead atoms. The van der Waals surface area contributed by atoms with Gasteiger partial charge in [0, 0.05) is 11.6 Å². The highest BCUT2D eigenvalue weighted by molar-refractivity contribution is 5.95. The van der Waals surface area contributed by atoms with Gasteiger partial charge < -0.3 is 4.74 Å². The number of halogens is 3. The number of carbonyl (C=O) groups excluding carboxylic acids is 1. The highest BCUT2D eigenvalue weighted by Crippen LogP contribution is 2.32. The Kier molecular flexibility index (Phi) is 4.13. The average Bonchev–Trinajstić information content (AvgIpc) is 2.27. The van der Waals surface area contributed by atoms with Crippen molar-refractivity contribution in [3.8, 4) is 5.75 Å². The highest BCUT2D eigenvalue weighted by Gasteiger charge is 2.39. The lowest BCUT2D eigenvalue weighted by atomic mass is 10.1. The van der Waals surface area contributed by atoms with E-state index >= 15 is 0 Å². The van der Waals surface area contributed by atoms with Gasteiger partial charge in [-0.15, -0.1) is 0 Å². The molecule has 104 valence electrons. The van der Waals surface area contributed by atoms with Crippen LogP contribution in [0.1, 0.15) is 24.2 Å². The van der Waals surface area contributed by atoms with Gasteiger partial charge in [-0.1, -0.05) is 0 Å². The lowest BCUT2D eigenvalue weighted by Gasteiger charge is -2.17. The van der Waals surface area contributed by atoms with Crippen LogP contribution in [0.3, 0.4) is 0 Å². The molecule has 0 amide bonds. The first-order valence-corrected chi connectivity index (χ1v) is 5.15. The summed E-state index contributed by atoms with van der Waals surface area (Å²) >= 11 is 0. The molecular weight excluding hydrogens is 267 g/mol. The molecule has 1 atom stereocenters. The van der Waals surface area contributed by atoms with Gasteiger partial charge in [-0.2, -0.15) is 13.2 Å². The molecule has 5 nitrogen and oxygen atoms in total. The Morgan fingerprint density at radius 3 is 2.42 bits per heavy atom. The third-order valence-electron chi connectivity index (χ3n) is 2.33. The number of hydrogen-bond donors (Lipinski definition) is 0. The van der Waals surface area contributed by atoms with E-state index in [4.69, 9.17) is 0 Å². The van der Waals surface area contributed by atoms with E-state index in [1.54, 1.807) is 0 Å². The van der Waals surface area contributed by atoms with Gasteiger partial charge in [0.25, 0.3) is 0 Å². The normalized spacial score (nSPS) is 12.9. The number of alkyl halides is 3. The molecule has 8 heteroatoms. The number of carbonyl (C=O) groups is 1. The van der Waals surface area contributed by atoms with Crippen LogP contribution in [0.4, 0.5) is 18.9 Å². The summed E-state index contributed by atoms with van der Waals surface area (Å²) in [5.74, 6) is -0.960. The van der Waals surface area contributed by atoms with Crippen molar-refractivity contribution in [2.45, 2.75) is 26.1 Å². The van der Waals surface area contributed by atoms with Crippen LogP contribution in [-0.4, -0.2) is 23.0 Å². The number of rotatable bonds is 4. The van der Waals surface area contributed by atoms with Crippen LogP contribution in [0.15, 0.2) is 18.2 Å². The van der Waals surface area contributed by atoms with Gasteiger partial charge in [-0.05, 0) is 26.0 Å². The number of ketones is 1. The van der Waals surface area contributed by atoms with Crippen LogP contribution in [0.25, 0.3) is 0 Å². The zero-order valence-electron chi connectivity index (χ0n) is 10.0. The smallest absolute Gasteiger partial charge is 0.425 e. The first-order chi connectivity index (χ1) is 8.62. The van der Waals surface area contributed by atoms with E-state index in [2.05, 4.69) is 4.74 Å². The molecule has 0 aliphatic carbocycles. The van der Waals surface area contributed by atoms with Crippen molar-refractivity contribution in [2.24, 2.45) is 0 Å². The van der Waals surface area contributed by atoms with Crippen LogP contribution in [0, 0.1) is 10.1 Å². The molecule has 0 aliphatic rings. The molecule has 1 unspecified atom stereocenters. The molecule has 19 heavy (non-hydrogen) atoms. The number of nitro groups is 1. The fourth-order valence-corrected chi connectivity index (χ4v) is 1.24. The van der Waals surface area contributed by atoms with Gasteiger partial charge in [-0.3, -0.25) is 14.9 Å². The Morgan fingerprint density at radius 2 is 2.00 bits per heavy atom. The molecule has 1 aromatic rings. The Bertz CT molecular complexity index is 513. The Hall–Kier alpha value is -2.12. The molecule has 1 aromatic carbocycles. The number of nitrogens with zero attached hydrogens (tertiary/aromatic N) is 1. The maximum atomic E-state index is 12.3. The van der Waals surface area contributed by atoms with E-state index in [0.717, 1.165) is 19.1 Å². The predicted molar refractivity (Wildman–Crippen MR) is 59.2 cm³/mol. The minimum absolute atomic E-state index is 0.0266. The van der Waals surface area contributed by atoms with Gasteiger partial charge in [0.1, 0.15) is 0 Å². The van der Waals surface area contributed by atoms with Crippen LogP contribution >= 0.6 is 0 Å². The Morgan fingerprint density at radius 1 is 1.42 bits per heavy atom. The van der Waals surface area contributed by atoms with E-state index < -0.39 is 34.4 Å². The summed E-state index contributed by atoms with van der Waals surface area (Å²) in [6, 6.07) is 3.05. The molecule has 0 fully saturated rings. The molecule has 0 aliphatic heterocycles. The second-order valence-corrected chi connectivity index (χ2v) is 3.80. The predicted octanol–water partition coefficient (Wildman–Crippen LogP) is 3.13. The zero-order chi connectivity index (χ0) is 14.8. The minimum Gasteiger partial charge on any atom is -0.474 e. The van der Waals surface area contributed by atoms with Crippen LogP contribution in [0.2, 0.25) is 0 Å². The fourth-order valence-electron chi connectivity index (χ4n) is 1.24. The highest BCUT2D eigenvalue weighted by atomic mass is 19.4. The fraction of sp³-hybridized carbons (Fsp3) is 0.364. The van der Waals surface area contributed by atoms with E-state index in [-0.39, 0.29) is 5.56 Å². The first-order valence-electron chi connectivity index (χ1n) is 5.15. The number of Topliss-reactive ketones (excluding diaryl/α,β-unsaturated/α-hetero) is 1. The summed E-state index contributed by atoms with van der Waals surface area (Å²) in [4.78, 5) is 20.9. The topological polar surface area (TPSA) is 69.4 Å². The van der Waals surface area contributed by atoms with E-state index in [0.29, 0.717) is 0 Å². The van der Waals surface area contributed by atoms with Crippen molar-refractivity contribution in [1.82, 2.24) is 0 Å². The second-order valence-electron chi connectivity index (χ2n) is 3.80. The van der Waals surface area contributed by atoms with E-state index in [9.17, 15) is 28.1 Å². The number of ether oxygens (including phenoxy) is 1. The van der Waals surface area contributed by atoms with Crippen molar-refractivity contribution in [3.63, 3.8) is 0 Å². The standard InChI is InChI=1S/C11H10F3NO4/c1-6(16)8-3-4-10(9(5-8)15(17)18)19-7(2)11(12,13)14/h3-5,7H,1-2H3. The Balaban J connectivity index is 3.14. The number of hydrogen-bond acceptors (Lipinski definition) is 4. The summed E-state index contributed by atoms with van der Waals surface area (Å²) in [5, 5.41) is 10.8. The van der Waals surface area contributed by atoms with Gasteiger partial charge in [0.05, 0.1) is 4.92 Å². The maximum Gasteiger partial charge on any atom is 0.425 e. The van der Waals surface area contributed by atoms with Gasteiger partial charge in [0.2, 0.25) is 0 Å². The van der Waals surface area contributed by atoms with Crippen molar-refractivity contribution >= 4 is 11.5 Å². The second kappa shape index (κ2) is 5.25. The van der Waals surface area contributed by atoms with Gasteiger partial charge >= 0.3 is 11.9 Å². The number of benzene rings is 1. The van der Waals surface area contributed by atoms with Crippen LogP contribution in [-0.2, 0) is 0 Å². The Labute approximate surface area is 106 Å². The largest absolute Gasteiger partial charge is 0.474 e. The third-order valence-corrected chi connectivity index (χ3v) is 2.33. The molecule has 0 spiro atoms. The van der Waals surface area contributed by atoms with Gasteiger partial charge in [-0.25, -0.2) is 0 Å². The molecule has 0 N–H and O–H groups in total. The lowest BCUT2D eigenvalue weighted by molar-refractivity contribution is -0.386. The average molecular weight is 277 g/mol. The summed E-state index contributed by atoms with van der Waals surface area (Å²) in [7, 11) is 0. The summed E-state index contributed by atoms with van der Waals surface area (Å²) in [5.41, 5.74) is -0.650. The monoisotopic (exact) mass is 277 g/mol. The van der Waals surface area contributed by atoms with Crippen molar-refractivity contribution < 1.29 is 27.6 Å². The van der Waals surface area contributed by atoms with Crippen molar-refractivity contribution in [3.05, 3.63) is 33.9 Å². The molecular formula is C11H10F3NO4. The number of nitro benzene ring substituents is 1. The van der Waals surface area contributed by atoms with Crippen LogP contribution < -0.4 is 4.74 Å². The summed E-state index contributed by atoms with van der Waals surface area (Å²) < 4.78 is 41.5. The molecule has 0 aromatic heterocycles. The maximum absolute atomic E-state index is 12.3. The summed E-state index contributed by atoms with van der Waals surface area (Å²) in [6.07, 6.45) is -6.82. The molecule has 1 rings (SSSR count). The molecule has 0 saturated heterocycles. The SMILES string of the molecule is CC(=O)c1ccc(OC(C)C(F)(F)F)c([N+](=O)[O-])c1. The summed E-state index contributed by atoms with van der Waals surface area (Å²) in [6.45, 7) is 1.93. The lowest BCUT2D eigenvalue weighted by Crippen LogP contribution is -2.31. The third kappa shape index (κ3) is 3.67. The van der Waals surface area contributed by atoms with Crippen molar-refractivity contribution in [1.29, 1.82) is 0 Å². The van der Waals surface area contributed by atoms with Crippen LogP contribution in [0.5, 0.6) is 5.75 Å². The zero-order valence-corrected chi connectivity index (χ0v) is 10.0. The molecule has 0 saturated carbocycles. The van der Waals surface area contributed by atoms with Gasteiger partial charge in [0.15, 0.2) is 17.6 Å². The van der Waals surface area contributed by atoms with E-state index in [1.807, 2.05) is 0 Å². The minimum atomic E-state index is -4.63.